The van der Waals surface area contributed by atoms with E-state index < -0.39 is 5.66 Å². The highest BCUT2D eigenvalue weighted by Crippen LogP contribution is 2.28. The molecule has 0 fully saturated rings. The molecule has 0 amide bonds. The van der Waals surface area contributed by atoms with Crippen molar-refractivity contribution in [3.63, 3.8) is 0 Å². The summed E-state index contributed by atoms with van der Waals surface area (Å²) in [6.45, 7) is 1.63. The van der Waals surface area contributed by atoms with Gasteiger partial charge in [0.15, 0.2) is 5.66 Å². The predicted octanol–water partition coefficient (Wildman–Crippen LogP) is 2.54. The quantitative estimate of drug-likeness (QED) is 0.644. The van der Waals surface area contributed by atoms with Crippen molar-refractivity contribution in [1.82, 2.24) is 0 Å². The molecule has 0 radical (unpaired) electrons. The monoisotopic (exact) mass is 286 g/mol. The average Bonchev–Trinajstić information content (AvgIpc) is 2.46. The Morgan fingerprint density at radius 3 is 2.05 bits per heavy atom. The number of benzene rings is 1. The van der Waals surface area contributed by atoms with Gasteiger partial charge in [0.25, 0.3) is 0 Å². The van der Waals surface area contributed by atoms with Crippen molar-refractivity contribution >= 4 is 12.2 Å². The minimum absolute atomic E-state index is 0.0998. The van der Waals surface area contributed by atoms with Crippen LogP contribution in [-0.2, 0) is 9.59 Å². The van der Waals surface area contributed by atoms with E-state index in [1.54, 1.807) is 31.2 Å². The van der Waals surface area contributed by atoms with Gasteiger partial charge >= 0.3 is 0 Å². The maximum absolute atomic E-state index is 10.1. The molecule has 2 N–H and O–H groups in total. The molecular weight excluding hydrogens is 272 g/mol. The summed E-state index contributed by atoms with van der Waals surface area (Å²) in [7, 11) is 0. The van der Waals surface area contributed by atoms with E-state index in [9.17, 15) is 14.7 Å². The third-order valence-corrected chi connectivity index (χ3v) is 2.68. The van der Waals surface area contributed by atoms with Crippen molar-refractivity contribution in [2.75, 3.05) is 0 Å². The van der Waals surface area contributed by atoms with Crippen LogP contribution in [0.1, 0.15) is 13.3 Å². The summed E-state index contributed by atoms with van der Waals surface area (Å²) in [4.78, 5) is 27.1. The number of isocyanates is 2. The van der Waals surface area contributed by atoms with Gasteiger partial charge in [-0.3, -0.25) is 0 Å². The molecule has 6 heteroatoms. The highest BCUT2D eigenvalue weighted by molar-refractivity contribution is 5.44. The van der Waals surface area contributed by atoms with Crippen LogP contribution < -0.4 is 0 Å². The first-order chi connectivity index (χ1) is 10.0. The fourth-order valence-corrected chi connectivity index (χ4v) is 1.65. The van der Waals surface area contributed by atoms with Crippen LogP contribution >= 0.6 is 0 Å². The zero-order valence-corrected chi connectivity index (χ0v) is 11.4. The summed E-state index contributed by atoms with van der Waals surface area (Å²) in [5, 5.41) is 17.9. The standard InChI is InChI=1S/C9H8N2O3.C6H6O/c1-7-4-9(10-5-12,11-6-13)3-2-8(7)14;7-6-4-2-1-3-5-6/h2,4,14H,3H2,1H3;1-5,7H. The number of phenols is 1. The molecular formula is C15H14N2O4. The SMILES string of the molecule is CC1=CC(N=C=O)(N=C=O)CC=C1O.Oc1ccccc1. The van der Waals surface area contributed by atoms with E-state index in [0.29, 0.717) is 11.3 Å². The van der Waals surface area contributed by atoms with E-state index in [4.69, 9.17) is 5.11 Å². The van der Waals surface area contributed by atoms with E-state index >= 15 is 0 Å². The van der Waals surface area contributed by atoms with Crippen molar-refractivity contribution in [2.45, 2.75) is 19.0 Å². The number of carbonyl (C=O) groups excluding carboxylic acids is 2. The molecule has 1 aliphatic rings. The van der Waals surface area contributed by atoms with Gasteiger partial charge in [-0.05, 0) is 36.8 Å². The minimum atomic E-state index is -1.26. The number of hydrogen-bond donors (Lipinski definition) is 2. The molecule has 0 aliphatic heterocycles. The minimum Gasteiger partial charge on any atom is -0.508 e. The summed E-state index contributed by atoms with van der Waals surface area (Å²) in [5.74, 6) is 0.422. The largest absolute Gasteiger partial charge is 0.508 e. The van der Waals surface area contributed by atoms with Gasteiger partial charge in [0.2, 0.25) is 12.2 Å². The second-order valence-corrected chi connectivity index (χ2v) is 4.24. The molecule has 1 aromatic rings. The van der Waals surface area contributed by atoms with Gasteiger partial charge in [0, 0.05) is 6.42 Å². The maximum atomic E-state index is 10.1. The molecule has 2 rings (SSSR count). The third kappa shape index (κ3) is 4.91. The molecule has 0 saturated carbocycles. The number of aliphatic hydroxyl groups excluding tert-OH is 1. The number of aliphatic imine (C=N–C) groups is 2. The third-order valence-electron chi connectivity index (χ3n) is 2.68. The van der Waals surface area contributed by atoms with Gasteiger partial charge in [0.05, 0.1) is 0 Å². The fraction of sp³-hybridized carbons (Fsp3) is 0.200. The number of aliphatic hydroxyl groups is 1. The van der Waals surface area contributed by atoms with Crippen LogP contribution in [0, 0.1) is 0 Å². The van der Waals surface area contributed by atoms with E-state index in [2.05, 4.69) is 9.98 Å². The molecule has 0 heterocycles. The lowest BCUT2D eigenvalue weighted by atomic mass is 9.97. The van der Waals surface area contributed by atoms with Crippen LogP contribution in [0.25, 0.3) is 0 Å². The van der Waals surface area contributed by atoms with Crippen LogP contribution in [0.5, 0.6) is 5.75 Å². The van der Waals surface area contributed by atoms with Crippen LogP contribution in [-0.4, -0.2) is 28.0 Å². The number of hydrogen-bond acceptors (Lipinski definition) is 6. The number of nitrogens with zero attached hydrogens (tertiary/aromatic N) is 2. The van der Waals surface area contributed by atoms with Gasteiger partial charge in [-0.1, -0.05) is 18.2 Å². The highest BCUT2D eigenvalue weighted by atomic mass is 16.3. The summed E-state index contributed by atoms with van der Waals surface area (Å²) >= 11 is 0. The molecule has 0 unspecified atom stereocenters. The Hall–Kier alpha value is -2.94. The molecule has 0 atom stereocenters. The number of phenolic OH excluding ortho intramolecular Hbond substituents is 1. The summed E-state index contributed by atoms with van der Waals surface area (Å²) in [6.07, 6.45) is 5.71. The van der Waals surface area contributed by atoms with Gasteiger partial charge in [0.1, 0.15) is 11.5 Å². The summed E-state index contributed by atoms with van der Waals surface area (Å²) in [5.41, 5.74) is -0.756. The van der Waals surface area contributed by atoms with Crippen molar-refractivity contribution in [1.29, 1.82) is 0 Å². The predicted molar refractivity (Wildman–Crippen MR) is 76.2 cm³/mol. The zero-order chi connectivity index (χ0) is 15.7. The van der Waals surface area contributed by atoms with Crippen molar-refractivity contribution in [3.8, 4) is 5.75 Å². The first kappa shape index (κ1) is 16.1. The molecule has 0 spiro atoms. The Labute approximate surface area is 121 Å². The van der Waals surface area contributed by atoms with E-state index in [1.807, 2.05) is 6.07 Å². The number of allylic oxidation sites excluding steroid dienone is 1. The topological polar surface area (TPSA) is 99.3 Å². The van der Waals surface area contributed by atoms with Gasteiger partial charge in [-0.15, -0.1) is 0 Å². The van der Waals surface area contributed by atoms with Crippen molar-refractivity contribution in [2.24, 2.45) is 9.98 Å². The maximum Gasteiger partial charge on any atom is 0.237 e. The first-order valence-electron chi connectivity index (χ1n) is 6.04. The summed E-state index contributed by atoms with van der Waals surface area (Å²) < 4.78 is 0. The van der Waals surface area contributed by atoms with Crippen LogP contribution in [0.4, 0.5) is 0 Å². The Bertz CT molecular complexity index is 619. The molecule has 0 saturated heterocycles. The smallest absolute Gasteiger partial charge is 0.237 e. The van der Waals surface area contributed by atoms with Gasteiger partial charge in [-0.25, -0.2) is 9.59 Å². The second kappa shape index (κ2) is 7.60. The number of aromatic hydroxyl groups is 1. The lowest BCUT2D eigenvalue weighted by Crippen LogP contribution is -2.23. The Morgan fingerprint density at radius 2 is 1.67 bits per heavy atom. The molecule has 6 nitrogen and oxygen atoms in total. The first-order valence-corrected chi connectivity index (χ1v) is 6.04. The molecule has 1 aromatic carbocycles. The molecule has 1 aliphatic carbocycles. The van der Waals surface area contributed by atoms with Crippen LogP contribution in [0.2, 0.25) is 0 Å². The Balaban J connectivity index is 0.000000262. The zero-order valence-electron chi connectivity index (χ0n) is 11.4. The van der Waals surface area contributed by atoms with Gasteiger partial charge in [-0.2, -0.15) is 9.98 Å². The summed E-state index contributed by atoms with van der Waals surface area (Å²) in [6, 6.07) is 8.71. The van der Waals surface area contributed by atoms with Gasteiger partial charge < -0.3 is 10.2 Å². The van der Waals surface area contributed by atoms with Crippen LogP contribution in [0.3, 0.4) is 0 Å². The Morgan fingerprint density at radius 1 is 1.10 bits per heavy atom. The normalized spacial score (nSPS) is 19.7. The lowest BCUT2D eigenvalue weighted by Gasteiger charge is -2.21. The Kier molecular flexibility index (Phi) is 5.83. The van der Waals surface area contributed by atoms with E-state index in [-0.39, 0.29) is 12.2 Å². The number of para-hydroxylation sites is 1. The van der Waals surface area contributed by atoms with Crippen molar-refractivity contribution in [3.05, 3.63) is 53.8 Å². The van der Waals surface area contributed by atoms with Crippen molar-refractivity contribution < 1.29 is 19.8 Å². The molecule has 108 valence electrons. The highest BCUT2D eigenvalue weighted by Gasteiger charge is 2.29. The number of rotatable bonds is 2. The molecule has 21 heavy (non-hydrogen) atoms. The van der Waals surface area contributed by atoms with E-state index in [0.717, 1.165) is 0 Å². The van der Waals surface area contributed by atoms with E-state index in [1.165, 1.54) is 24.3 Å². The lowest BCUT2D eigenvalue weighted by molar-refractivity contribution is 0.403. The molecule has 0 aromatic heterocycles. The average molecular weight is 286 g/mol. The molecule has 0 bridgehead atoms. The van der Waals surface area contributed by atoms with Crippen LogP contribution in [0.15, 0.2) is 63.8 Å². The fourth-order valence-electron chi connectivity index (χ4n) is 1.65. The second-order valence-electron chi connectivity index (χ2n) is 4.24.